The van der Waals surface area contributed by atoms with Crippen molar-refractivity contribution in [1.29, 1.82) is 0 Å². The lowest BCUT2D eigenvalue weighted by atomic mass is 10.1. The van der Waals surface area contributed by atoms with E-state index in [1.807, 2.05) is 13.8 Å². The molecule has 2 bridgehead atoms. The Morgan fingerprint density at radius 2 is 2.00 bits per heavy atom. The zero-order valence-corrected chi connectivity index (χ0v) is 10.2. The third-order valence-electron chi connectivity index (χ3n) is 3.36. The Balaban J connectivity index is 0.000000163. The van der Waals surface area contributed by atoms with Crippen LogP contribution in [0.5, 0.6) is 0 Å². The minimum absolute atomic E-state index is 0.311. The summed E-state index contributed by atoms with van der Waals surface area (Å²) in [6.07, 6.45) is 8.95. The molecule has 0 aromatic heterocycles. The van der Waals surface area contributed by atoms with Crippen LogP contribution < -0.4 is 0 Å². The summed E-state index contributed by atoms with van der Waals surface area (Å²) < 4.78 is 4.31. The van der Waals surface area contributed by atoms with E-state index >= 15 is 0 Å². The Bertz CT molecular complexity index is 236. The van der Waals surface area contributed by atoms with Gasteiger partial charge in [-0.05, 0) is 37.0 Å². The van der Waals surface area contributed by atoms with Gasteiger partial charge in [0.15, 0.2) is 0 Å². The molecule has 0 radical (unpaired) electrons. The average Bonchev–Trinajstić information content (AvgIpc) is 2.90. The van der Waals surface area contributed by atoms with Crippen LogP contribution in [0.25, 0.3) is 0 Å². The molecular formula is C13H22O3. The van der Waals surface area contributed by atoms with Gasteiger partial charge in [0.1, 0.15) is 0 Å². The maximum absolute atomic E-state index is 9.80. The van der Waals surface area contributed by atoms with E-state index in [4.69, 9.17) is 5.11 Å². The Kier molecular flexibility index (Phi) is 5.36. The fraction of sp³-hybridized carbons (Fsp3) is 0.769. The molecule has 1 saturated carbocycles. The van der Waals surface area contributed by atoms with Crippen molar-refractivity contribution < 1.29 is 14.6 Å². The second-order valence-corrected chi connectivity index (χ2v) is 4.81. The summed E-state index contributed by atoms with van der Waals surface area (Å²) in [6.45, 7) is 4.25. The fourth-order valence-corrected chi connectivity index (χ4v) is 2.05. The smallest absolute Gasteiger partial charge is 0.450 e. The van der Waals surface area contributed by atoms with Gasteiger partial charge in [0.25, 0.3) is 0 Å². The fourth-order valence-electron chi connectivity index (χ4n) is 2.05. The summed E-state index contributed by atoms with van der Waals surface area (Å²) in [7, 11) is 0. The van der Waals surface area contributed by atoms with Crippen LogP contribution in [0.1, 0.15) is 39.5 Å². The highest BCUT2D eigenvalue weighted by molar-refractivity contribution is 5.56. The van der Waals surface area contributed by atoms with Crippen molar-refractivity contribution in [2.45, 2.75) is 39.5 Å². The maximum atomic E-state index is 9.80. The van der Waals surface area contributed by atoms with E-state index in [0.717, 1.165) is 18.3 Å². The van der Waals surface area contributed by atoms with Gasteiger partial charge in [-0.3, -0.25) is 0 Å². The van der Waals surface area contributed by atoms with Crippen molar-refractivity contribution >= 4 is 6.16 Å². The van der Waals surface area contributed by atoms with Gasteiger partial charge in [0.05, 0.1) is 6.61 Å². The SMILES string of the molecule is C1=CC2CCC1C2.CCC(C)COC(=O)O. The van der Waals surface area contributed by atoms with Crippen LogP contribution in [-0.2, 0) is 4.74 Å². The highest BCUT2D eigenvalue weighted by Gasteiger charge is 2.25. The van der Waals surface area contributed by atoms with E-state index in [2.05, 4.69) is 16.9 Å². The van der Waals surface area contributed by atoms with Gasteiger partial charge in [-0.2, -0.15) is 0 Å². The largest absolute Gasteiger partial charge is 0.505 e. The third kappa shape index (κ3) is 4.69. The molecule has 2 aliphatic rings. The van der Waals surface area contributed by atoms with E-state index in [1.54, 1.807) is 0 Å². The highest BCUT2D eigenvalue weighted by Crippen LogP contribution is 2.38. The number of rotatable bonds is 3. The Morgan fingerprint density at radius 1 is 1.44 bits per heavy atom. The number of ether oxygens (including phenoxy) is 1. The highest BCUT2D eigenvalue weighted by atomic mass is 16.7. The van der Waals surface area contributed by atoms with Gasteiger partial charge in [0, 0.05) is 0 Å². The van der Waals surface area contributed by atoms with Crippen molar-refractivity contribution in [2.75, 3.05) is 6.61 Å². The lowest BCUT2D eigenvalue weighted by Crippen LogP contribution is -2.08. The molecule has 0 amide bonds. The van der Waals surface area contributed by atoms with Crippen molar-refractivity contribution in [2.24, 2.45) is 17.8 Å². The molecule has 0 saturated heterocycles. The predicted octanol–water partition coefficient (Wildman–Crippen LogP) is 3.70. The van der Waals surface area contributed by atoms with E-state index in [1.165, 1.54) is 19.3 Å². The van der Waals surface area contributed by atoms with Crippen LogP contribution in [0, 0.1) is 17.8 Å². The Hall–Kier alpha value is -0.990. The van der Waals surface area contributed by atoms with Crippen LogP contribution in [0.2, 0.25) is 0 Å². The normalized spacial score (nSPS) is 27.1. The van der Waals surface area contributed by atoms with Crippen molar-refractivity contribution in [3.63, 3.8) is 0 Å². The molecule has 1 N–H and O–H groups in total. The van der Waals surface area contributed by atoms with E-state index in [0.29, 0.717) is 12.5 Å². The third-order valence-corrected chi connectivity index (χ3v) is 3.36. The van der Waals surface area contributed by atoms with Crippen molar-refractivity contribution in [3.8, 4) is 0 Å². The first-order chi connectivity index (χ1) is 7.61. The van der Waals surface area contributed by atoms with Crippen LogP contribution in [0.4, 0.5) is 4.79 Å². The molecule has 0 aliphatic heterocycles. The molecule has 3 atom stereocenters. The molecule has 2 aliphatic carbocycles. The molecule has 0 spiro atoms. The number of allylic oxidation sites excluding steroid dienone is 2. The monoisotopic (exact) mass is 226 g/mol. The zero-order valence-electron chi connectivity index (χ0n) is 10.2. The quantitative estimate of drug-likeness (QED) is 0.589. The van der Waals surface area contributed by atoms with Gasteiger partial charge in [-0.25, -0.2) is 4.79 Å². The second kappa shape index (κ2) is 6.56. The molecule has 0 aromatic carbocycles. The molecule has 16 heavy (non-hydrogen) atoms. The second-order valence-electron chi connectivity index (χ2n) is 4.81. The standard InChI is InChI=1S/C7H10.C6H12O3/c1-2-7-4-3-6(1)5-7;1-3-5(2)4-9-6(7)8/h1-2,6-7H,3-5H2;5H,3-4H2,1-2H3,(H,7,8). The summed E-state index contributed by atoms with van der Waals surface area (Å²) >= 11 is 0. The lowest BCUT2D eigenvalue weighted by molar-refractivity contribution is 0.0787. The van der Waals surface area contributed by atoms with Crippen molar-refractivity contribution in [1.82, 2.24) is 0 Å². The summed E-state index contributed by atoms with van der Waals surface area (Å²) in [5, 5.41) is 8.04. The number of carbonyl (C=O) groups is 1. The van der Waals surface area contributed by atoms with Gasteiger partial charge >= 0.3 is 6.16 Å². The first kappa shape index (κ1) is 13.1. The molecule has 3 heteroatoms. The van der Waals surface area contributed by atoms with Gasteiger partial charge < -0.3 is 9.84 Å². The summed E-state index contributed by atoms with van der Waals surface area (Å²) in [4.78, 5) is 9.80. The van der Waals surface area contributed by atoms with E-state index in [9.17, 15) is 4.79 Å². The molecule has 0 aromatic rings. The number of hydrogen-bond donors (Lipinski definition) is 1. The molecule has 2 rings (SSSR count). The maximum Gasteiger partial charge on any atom is 0.505 e. The topological polar surface area (TPSA) is 46.5 Å². The Morgan fingerprint density at radius 3 is 2.25 bits per heavy atom. The minimum atomic E-state index is -1.18. The van der Waals surface area contributed by atoms with Crippen molar-refractivity contribution in [3.05, 3.63) is 12.2 Å². The van der Waals surface area contributed by atoms with Crippen LogP contribution >= 0.6 is 0 Å². The summed E-state index contributed by atoms with van der Waals surface area (Å²) in [5.41, 5.74) is 0. The lowest BCUT2D eigenvalue weighted by Gasteiger charge is -2.05. The van der Waals surface area contributed by atoms with E-state index in [-0.39, 0.29) is 0 Å². The minimum Gasteiger partial charge on any atom is -0.450 e. The first-order valence-corrected chi connectivity index (χ1v) is 6.15. The first-order valence-electron chi connectivity index (χ1n) is 6.15. The molecule has 1 fully saturated rings. The molecule has 92 valence electrons. The number of fused-ring (bicyclic) bond motifs is 2. The number of hydrogen-bond acceptors (Lipinski definition) is 2. The van der Waals surface area contributed by atoms with Crippen LogP contribution in [-0.4, -0.2) is 17.9 Å². The molecule has 3 unspecified atom stereocenters. The molecule has 3 nitrogen and oxygen atoms in total. The van der Waals surface area contributed by atoms with Crippen LogP contribution in [0.15, 0.2) is 12.2 Å². The molecular weight excluding hydrogens is 204 g/mol. The Labute approximate surface area is 97.5 Å². The number of carboxylic acid groups (broad SMARTS) is 1. The van der Waals surface area contributed by atoms with Gasteiger partial charge in [-0.1, -0.05) is 32.4 Å². The zero-order chi connectivity index (χ0) is 12.0. The van der Waals surface area contributed by atoms with E-state index < -0.39 is 6.16 Å². The van der Waals surface area contributed by atoms with Gasteiger partial charge in [0.2, 0.25) is 0 Å². The van der Waals surface area contributed by atoms with Gasteiger partial charge in [-0.15, -0.1) is 0 Å². The van der Waals surface area contributed by atoms with Crippen LogP contribution in [0.3, 0.4) is 0 Å². The summed E-state index contributed by atoms with van der Waals surface area (Å²) in [5.74, 6) is 2.32. The average molecular weight is 226 g/mol. The molecule has 0 heterocycles. The predicted molar refractivity (Wildman–Crippen MR) is 63.4 cm³/mol. The summed E-state index contributed by atoms with van der Waals surface area (Å²) in [6, 6.07) is 0.